The van der Waals surface area contributed by atoms with Crippen LogP contribution in [0.5, 0.6) is 0 Å². The molecule has 0 unspecified atom stereocenters. The van der Waals surface area contributed by atoms with Gasteiger partial charge in [-0.15, -0.1) is 0 Å². The van der Waals surface area contributed by atoms with Crippen LogP contribution >= 0.6 is 11.8 Å². The fourth-order valence-electron chi connectivity index (χ4n) is 1.75. The topological polar surface area (TPSA) is 30.0 Å². The maximum atomic E-state index is 12.1. The number of carbonyl (C=O) groups excluding carboxylic acids is 1. The van der Waals surface area contributed by atoms with Crippen molar-refractivity contribution < 1.29 is 4.79 Å². The van der Waals surface area contributed by atoms with Crippen molar-refractivity contribution in [2.45, 2.75) is 4.90 Å². The molecule has 1 aromatic heterocycles. The molecule has 2 nitrogen and oxygen atoms in total. The lowest BCUT2D eigenvalue weighted by Crippen LogP contribution is -1.93. The maximum Gasteiger partial charge on any atom is 0.200 e. The van der Waals surface area contributed by atoms with Crippen molar-refractivity contribution in [2.75, 3.05) is 0 Å². The summed E-state index contributed by atoms with van der Waals surface area (Å²) in [6, 6.07) is 11.5. The number of Topliss-reactive ketones (excluding diaryl/α,β-unsaturated/α-hetero) is 1. The smallest absolute Gasteiger partial charge is 0.200 e. The van der Waals surface area contributed by atoms with E-state index in [1.54, 1.807) is 12.4 Å². The normalized spacial score (nSPS) is 16.2. The number of rotatable bonds is 1. The molecular weight excluding hydrogens is 230 g/mol. The third-order valence-corrected chi connectivity index (χ3v) is 3.68. The number of hydrogen-bond donors (Lipinski definition) is 0. The van der Waals surface area contributed by atoms with Crippen LogP contribution in [0.4, 0.5) is 0 Å². The quantitative estimate of drug-likeness (QED) is 0.714. The molecule has 82 valence electrons. The van der Waals surface area contributed by atoms with Crippen LogP contribution in [0.3, 0.4) is 0 Å². The Balaban J connectivity index is 2.00. The van der Waals surface area contributed by atoms with Gasteiger partial charge in [0.05, 0.1) is 4.91 Å². The van der Waals surface area contributed by atoms with Gasteiger partial charge in [-0.3, -0.25) is 9.78 Å². The van der Waals surface area contributed by atoms with Crippen molar-refractivity contribution in [3.05, 3.63) is 64.8 Å². The molecule has 0 N–H and O–H groups in total. The van der Waals surface area contributed by atoms with E-state index >= 15 is 0 Å². The van der Waals surface area contributed by atoms with Crippen molar-refractivity contribution in [1.82, 2.24) is 4.98 Å². The molecule has 2 aromatic rings. The van der Waals surface area contributed by atoms with Gasteiger partial charge in [0.2, 0.25) is 5.78 Å². The molecule has 0 aliphatic carbocycles. The highest BCUT2D eigenvalue weighted by atomic mass is 32.2. The number of ketones is 1. The van der Waals surface area contributed by atoms with Crippen molar-refractivity contribution in [3.8, 4) is 0 Å². The van der Waals surface area contributed by atoms with E-state index in [-0.39, 0.29) is 5.78 Å². The van der Waals surface area contributed by atoms with Crippen LogP contribution in [0.2, 0.25) is 0 Å². The minimum Gasteiger partial charge on any atom is -0.288 e. The minimum atomic E-state index is 0.113. The summed E-state index contributed by atoms with van der Waals surface area (Å²) in [7, 11) is 0. The zero-order chi connectivity index (χ0) is 11.7. The van der Waals surface area contributed by atoms with Crippen LogP contribution in [0.25, 0.3) is 6.08 Å². The molecule has 0 bridgehead atoms. The summed E-state index contributed by atoms with van der Waals surface area (Å²) in [4.78, 5) is 17.9. The second kappa shape index (κ2) is 4.18. The average Bonchev–Trinajstić information content (AvgIpc) is 2.68. The lowest BCUT2D eigenvalue weighted by atomic mass is 10.1. The first kappa shape index (κ1) is 10.3. The first-order valence-corrected chi connectivity index (χ1v) is 6.09. The Morgan fingerprint density at radius 2 is 1.82 bits per heavy atom. The van der Waals surface area contributed by atoms with Crippen LogP contribution in [-0.4, -0.2) is 10.8 Å². The molecular formula is C14H9NOS. The SMILES string of the molecule is O=C1C(=Cc2ccncc2)Sc2ccccc21. The molecule has 1 aromatic carbocycles. The predicted molar refractivity (Wildman–Crippen MR) is 68.8 cm³/mol. The molecule has 0 amide bonds. The third kappa shape index (κ3) is 1.89. The van der Waals surface area contributed by atoms with E-state index in [0.717, 1.165) is 20.9 Å². The highest BCUT2D eigenvalue weighted by molar-refractivity contribution is 8.04. The van der Waals surface area contributed by atoms with Crippen LogP contribution in [0.1, 0.15) is 15.9 Å². The number of hydrogen-bond acceptors (Lipinski definition) is 3. The van der Waals surface area contributed by atoms with E-state index in [2.05, 4.69) is 4.98 Å². The summed E-state index contributed by atoms with van der Waals surface area (Å²) >= 11 is 1.53. The number of carbonyl (C=O) groups is 1. The molecule has 17 heavy (non-hydrogen) atoms. The fourth-order valence-corrected chi connectivity index (χ4v) is 2.80. The molecule has 1 aliphatic heterocycles. The van der Waals surface area contributed by atoms with Gasteiger partial charge in [0.1, 0.15) is 0 Å². The van der Waals surface area contributed by atoms with Gasteiger partial charge in [0, 0.05) is 22.9 Å². The van der Waals surface area contributed by atoms with Gasteiger partial charge in [0.15, 0.2) is 0 Å². The van der Waals surface area contributed by atoms with E-state index < -0.39 is 0 Å². The number of pyridine rings is 1. The standard InChI is InChI=1S/C14H9NOS/c16-14-11-3-1-2-4-12(11)17-13(14)9-10-5-7-15-8-6-10/h1-9H. The molecule has 3 rings (SSSR count). The molecule has 0 fully saturated rings. The lowest BCUT2D eigenvalue weighted by Gasteiger charge is -1.94. The Morgan fingerprint density at radius 3 is 2.59 bits per heavy atom. The average molecular weight is 239 g/mol. The highest BCUT2D eigenvalue weighted by Crippen LogP contribution is 2.40. The molecule has 0 spiro atoms. The Labute approximate surface area is 103 Å². The van der Waals surface area contributed by atoms with Gasteiger partial charge in [-0.25, -0.2) is 0 Å². The largest absolute Gasteiger partial charge is 0.288 e. The van der Waals surface area contributed by atoms with Crippen LogP contribution in [0, 0.1) is 0 Å². The van der Waals surface area contributed by atoms with Gasteiger partial charge in [-0.1, -0.05) is 23.9 Å². The lowest BCUT2D eigenvalue weighted by molar-refractivity contribution is 0.104. The van der Waals surface area contributed by atoms with Crippen LogP contribution < -0.4 is 0 Å². The zero-order valence-electron chi connectivity index (χ0n) is 8.96. The first-order valence-electron chi connectivity index (χ1n) is 5.28. The summed E-state index contributed by atoms with van der Waals surface area (Å²) in [5.74, 6) is 0.113. The molecule has 0 atom stereocenters. The molecule has 3 heteroatoms. The predicted octanol–water partition coefficient (Wildman–Crippen LogP) is 3.41. The molecule has 0 saturated heterocycles. The number of thioether (sulfide) groups is 1. The minimum absolute atomic E-state index is 0.113. The number of allylic oxidation sites excluding steroid dienone is 1. The number of benzene rings is 1. The van der Waals surface area contributed by atoms with E-state index in [1.807, 2.05) is 42.5 Å². The summed E-state index contributed by atoms with van der Waals surface area (Å²) in [5, 5.41) is 0. The fraction of sp³-hybridized carbons (Fsp3) is 0. The zero-order valence-corrected chi connectivity index (χ0v) is 9.78. The maximum absolute atomic E-state index is 12.1. The number of aromatic nitrogens is 1. The second-order valence-electron chi connectivity index (χ2n) is 3.72. The molecule has 0 radical (unpaired) electrons. The van der Waals surface area contributed by atoms with Gasteiger partial charge in [-0.05, 0) is 35.9 Å². The Bertz CT molecular complexity index is 605. The molecule has 1 aliphatic rings. The monoisotopic (exact) mass is 239 g/mol. The summed E-state index contributed by atoms with van der Waals surface area (Å²) in [6.45, 7) is 0. The van der Waals surface area contributed by atoms with E-state index in [4.69, 9.17) is 0 Å². The Morgan fingerprint density at radius 1 is 1.06 bits per heavy atom. The van der Waals surface area contributed by atoms with Gasteiger partial charge >= 0.3 is 0 Å². The van der Waals surface area contributed by atoms with Crippen LogP contribution in [0.15, 0.2) is 58.6 Å². The third-order valence-electron chi connectivity index (χ3n) is 2.58. The molecule has 0 saturated carbocycles. The van der Waals surface area contributed by atoms with Crippen molar-refractivity contribution in [3.63, 3.8) is 0 Å². The second-order valence-corrected chi connectivity index (χ2v) is 4.80. The molecule has 2 heterocycles. The summed E-state index contributed by atoms with van der Waals surface area (Å²) in [6.07, 6.45) is 5.36. The highest BCUT2D eigenvalue weighted by Gasteiger charge is 2.24. The van der Waals surface area contributed by atoms with Crippen molar-refractivity contribution in [1.29, 1.82) is 0 Å². The van der Waals surface area contributed by atoms with Crippen LogP contribution in [-0.2, 0) is 0 Å². The summed E-state index contributed by atoms with van der Waals surface area (Å²) in [5.41, 5.74) is 1.81. The number of nitrogens with zero attached hydrogens (tertiary/aromatic N) is 1. The Hall–Kier alpha value is -1.87. The summed E-state index contributed by atoms with van der Waals surface area (Å²) < 4.78 is 0. The Kier molecular flexibility index (Phi) is 2.53. The van der Waals surface area contributed by atoms with Gasteiger partial charge in [-0.2, -0.15) is 0 Å². The number of fused-ring (bicyclic) bond motifs is 1. The van der Waals surface area contributed by atoms with E-state index in [9.17, 15) is 4.79 Å². The van der Waals surface area contributed by atoms with Crippen molar-refractivity contribution >= 4 is 23.6 Å². The van der Waals surface area contributed by atoms with Crippen molar-refractivity contribution in [2.24, 2.45) is 0 Å². The first-order chi connectivity index (χ1) is 8.34. The van der Waals surface area contributed by atoms with Gasteiger partial charge in [0.25, 0.3) is 0 Å². The van der Waals surface area contributed by atoms with E-state index in [1.165, 1.54) is 11.8 Å². The van der Waals surface area contributed by atoms with E-state index in [0.29, 0.717) is 0 Å². The van der Waals surface area contributed by atoms with Gasteiger partial charge < -0.3 is 0 Å².